The van der Waals surface area contributed by atoms with E-state index in [0.29, 0.717) is 5.78 Å². The molecule has 0 spiro atoms. The lowest BCUT2D eigenvalue weighted by atomic mass is 9.88. The molecule has 13 heavy (non-hydrogen) atoms. The van der Waals surface area contributed by atoms with Gasteiger partial charge in [-0.25, -0.2) is 0 Å². The molecule has 0 fully saturated rings. The Bertz CT molecular complexity index is 204. The molecule has 0 bridgehead atoms. The molecule has 0 N–H and O–H groups in total. The first-order valence-corrected chi connectivity index (χ1v) is 4.76. The Labute approximate surface area is 80.0 Å². The molecule has 2 heteroatoms. The quantitative estimate of drug-likeness (QED) is 0.658. The molecule has 0 amide bonds. The maximum atomic E-state index is 11.1. The van der Waals surface area contributed by atoms with Gasteiger partial charge >= 0.3 is 0 Å². The fraction of sp³-hybridized carbons (Fsp3) is 0.636. The van der Waals surface area contributed by atoms with Crippen LogP contribution in [0.25, 0.3) is 0 Å². The van der Waals surface area contributed by atoms with Crippen LogP contribution < -0.4 is 0 Å². The maximum Gasteiger partial charge on any atom is 0.155 e. The first kappa shape index (κ1) is 12.1. The third kappa shape index (κ3) is 3.53. The predicted molar refractivity (Wildman–Crippen MR) is 53.6 cm³/mol. The summed E-state index contributed by atoms with van der Waals surface area (Å²) in [7, 11) is 0. The first-order valence-electron chi connectivity index (χ1n) is 4.76. The minimum atomic E-state index is 0.293. The number of hydrogen-bond donors (Lipinski definition) is 0. The van der Waals surface area contributed by atoms with Crippen LogP contribution in [0.1, 0.15) is 46.0 Å². The molecule has 0 radical (unpaired) electrons. The van der Waals surface area contributed by atoms with Gasteiger partial charge in [0.1, 0.15) is 6.79 Å². The van der Waals surface area contributed by atoms with Crippen molar-refractivity contribution in [2.75, 3.05) is 0 Å². The highest BCUT2D eigenvalue weighted by Crippen LogP contribution is 2.26. The monoisotopic (exact) mass is 182 g/mol. The second-order valence-corrected chi connectivity index (χ2v) is 3.20. The van der Waals surface area contributed by atoms with Gasteiger partial charge in [0.25, 0.3) is 0 Å². The Morgan fingerprint density at radius 2 is 1.85 bits per heavy atom. The van der Waals surface area contributed by atoms with Gasteiger partial charge in [-0.3, -0.25) is 4.79 Å². The minimum Gasteiger partial charge on any atom is -0.307 e. The minimum absolute atomic E-state index is 0.293. The van der Waals surface area contributed by atoms with Crippen LogP contribution in [0.3, 0.4) is 0 Å². The van der Waals surface area contributed by atoms with E-state index in [-0.39, 0.29) is 0 Å². The highest BCUT2D eigenvalue weighted by atomic mass is 16.1. The first-order chi connectivity index (χ1) is 6.25. The van der Waals surface area contributed by atoms with E-state index in [0.717, 1.165) is 24.8 Å². The van der Waals surface area contributed by atoms with Crippen LogP contribution in [0.4, 0.5) is 0 Å². The Morgan fingerprint density at radius 3 is 2.23 bits per heavy atom. The lowest BCUT2D eigenvalue weighted by Gasteiger charge is -2.16. The van der Waals surface area contributed by atoms with Gasteiger partial charge in [-0.1, -0.05) is 12.5 Å². The molecule has 0 saturated carbocycles. The number of carbonyl (C=O) groups is 2. The molecule has 74 valence electrons. The fourth-order valence-electron chi connectivity index (χ4n) is 1.78. The van der Waals surface area contributed by atoms with Gasteiger partial charge < -0.3 is 4.79 Å². The Kier molecular flexibility index (Phi) is 6.11. The molecule has 0 aromatic heterocycles. The van der Waals surface area contributed by atoms with Crippen molar-refractivity contribution in [3.05, 3.63) is 11.1 Å². The zero-order valence-electron chi connectivity index (χ0n) is 8.56. The topological polar surface area (TPSA) is 34.1 Å². The summed E-state index contributed by atoms with van der Waals surface area (Å²) in [6.07, 6.45) is 5.73. The predicted octanol–water partition coefficient (Wildman–Crippen LogP) is 2.67. The third-order valence-electron chi connectivity index (χ3n) is 2.43. The zero-order chi connectivity index (χ0) is 10.3. The van der Waals surface area contributed by atoms with E-state index in [1.54, 1.807) is 6.92 Å². The van der Waals surface area contributed by atoms with Gasteiger partial charge in [0.05, 0.1) is 0 Å². The number of rotatable bonds is 2. The van der Waals surface area contributed by atoms with E-state index in [9.17, 15) is 4.79 Å². The van der Waals surface area contributed by atoms with Gasteiger partial charge in [0.2, 0.25) is 0 Å². The molecule has 1 rings (SSSR count). The summed E-state index contributed by atoms with van der Waals surface area (Å²) in [6.45, 7) is 5.83. The van der Waals surface area contributed by atoms with Gasteiger partial charge in [0.15, 0.2) is 5.78 Å². The van der Waals surface area contributed by atoms with Crippen molar-refractivity contribution in [3.8, 4) is 0 Å². The number of allylic oxidation sites excluding steroid dienone is 2. The maximum absolute atomic E-state index is 11.1. The van der Waals surface area contributed by atoms with Crippen molar-refractivity contribution in [1.82, 2.24) is 0 Å². The summed E-state index contributed by atoms with van der Waals surface area (Å²) in [5, 5.41) is 0. The van der Waals surface area contributed by atoms with Crippen LogP contribution >= 0.6 is 0 Å². The van der Waals surface area contributed by atoms with Crippen molar-refractivity contribution in [2.45, 2.75) is 46.0 Å². The lowest BCUT2D eigenvalue weighted by molar-refractivity contribution is -0.113. The number of Topliss-reactive ketones (excluding diaryl/α,β-unsaturated/α-hetero) is 1. The van der Waals surface area contributed by atoms with Gasteiger partial charge in [-0.05, 0) is 44.6 Å². The van der Waals surface area contributed by atoms with Crippen molar-refractivity contribution >= 4 is 12.6 Å². The molecular weight excluding hydrogens is 164 g/mol. The van der Waals surface area contributed by atoms with Crippen LogP contribution in [0.5, 0.6) is 0 Å². The highest BCUT2D eigenvalue weighted by Gasteiger charge is 2.13. The fourth-order valence-corrected chi connectivity index (χ4v) is 1.78. The average Bonchev–Trinajstić information content (AvgIpc) is 2.20. The van der Waals surface area contributed by atoms with Crippen LogP contribution in [0, 0.1) is 0 Å². The molecule has 0 unspecified atom stereocenters. The molecular formula is C11H18O2. The van der Waals surface area contributed by atoms with Crippen LogP contribution in [-0.4, -0.2) is 12.6 Å². The second kappa shape index (κ2) is 6.58. The Balaban J connectivity index is 0.000000671. The third-order valence-corrected chi connectivity index (χ3v) is 2.43. The molecule has 1 aliphatic rings. The number of ketones is 1. The number of carbonyl (C=O) groups excluding carboxylic acids is 2. The standard InChI is InChI=1S/C10H16O.CH2O/c1-3-9-6-4-5-7-10(9)8(2)11;1-2/h3-7H2,1-2H3;1H2. The molecule has 1 aliphatic carbocycles. The lowest BCUT2D eigenvalue weighted by Crippen LogP contribution is -2.06. The molecule has 2 nitrogen and oxygen atoms in total. The molecule has 0 saturated heterocycles. The summed E-state index contributed by atoms with van der Waals surface area (Å²) in [6, 6.07) is 0. The molecule has 0 aromatic rings. The van der Waals surface area contributed by atoms with Crippen molar-refractivity contribution in [1.29, 1.82) is 0 Å². The molecule has 0 heterocycles. The van der Waals surface area contributed by atoms with E-state index in [1.165, 1.54) is 18.4 Å². The van der Waals surface area contributed by atoms with Gasteiger partial charge in [-0.15, -0.1) is 0 Å². The highest BCUT2D eigenvalue weighted by molar-refractivity contribution is 5.94. The van der Waals surface area contributed by atoms with E-state index >= 15 is 0 Å². The molecule has 0 atom stereocenters. The van der Waals surface area contributed by atoms with Crippen molar-refractivity contribution in [3.63, 3.8) is 0 Å². The summed E-state index contributed by atoms with van der Waals surface area (Å²) in [5.41, 5.74) is 2.53. The van der Waals surface area contributed by atoms with E-state index in [2.05, 4.69) is 6.92 Å². The smallest absolute Gasteiger partial charge is 0.155 e. The number of hydrogen-bond acceptors (Lipinski definition) is 2. The van der Waals surface area contributed by atoms with Gasteiger partial charge in [0, 0.05) is 0 Å². The summed E-state index contributed by atoms with van der Waals surface area (Å²) >= 11 is 0. The summed E-state index contributed by atoms with van der Waals surface area (Å²) in [4.78, 5) is 19.1. The Morgan fingerprint density at radius 1 is 1.31 bits per heavy atom. The largest absolute Gasteiger partial charge is 0.307 e. The SMILES string of the molecule is C=O.CCC1=C(C(C)=O)CCCC1. The summed E-state index contributed by atoms with van der Waals surface area (Å²) < 4.78 is 0. The zero-order valence-corrected chi connectivity index (χ0v) is 8.56. The van der Waals surface area contributed by atoms with Crippen molar-refractivity contribution < 1.29 is 9.59 Å². The molecule has 0 aliphatic heterocycles. The Hall–Kier alpha value is -0.920. The van der Waals surface area contributed by atoms with E-state index < -0.39 is 0 Å². The molecule has 0 aromatic carbocycles. The van der Waals surface area contributed by atoms with Crippen LogP contribution in [0.15, 0.2) is 11.1 Å². The average molecular weight is 182 g/mol. The normalized spacial score (nSPS) is 16.2. The van der Waals surface area contributed by atoms with Crippen LogP contribution in [-0.2, 0) is 9.59 Å². The summed E-state index contributed by atoms with van der Waals surface area (Å²) in [5.74, 6) is 0.293. The van der Waals surface area contributed by atoms with Gasteiger partial charge in [-0.2, -0.15) is 0 Å². The second-order valence-electron chi connectivity index (χ2n) is 3.20. The van der Waals surface area contributed by atoms with E-state index in [1.807, 2.05) is 6.79 Å². The van der Waals surface area contributed by atoms with Crippen LogP contribution in [0.2, 0.25) is 0 Å². The van der Waals surface area contributed by atoms with Crippen molar-refractivity contribution in [2.24, 2.45) is 0 Å². The van der Waals surface area contributed by atoms with E-state index in [4.69, 9.17) is 4.79 Å².